The maximum absolute atomic E-state index is 11.0. The highest BCUT2D eigenvalue weighted by molar-refractivity contribution is 9.10. The van der Waals surface area contributed by atoms with Gasteiger partial charge in [0.15, 0.2) is 0 Å². The Morgan fingerprint density at radius 3 is 2.30 bits per heavy atom. The quantitative estimate of drug-likeness (QED) is 0.910. The van der Waals surface area contributed by atoms with Gasteiger partial charge in [0.05, 0.1) is 5.56 Å². The van der Waals surface area contributed by atoms with Gasteiger partial charge in [-0.2, -0.15) is 0 Å². The van der Waals surface area contributed by atoms with Crippen molar-refractivity contribution in [1.29, 1.82) is 0 Å². The number of carboxylic acids is 1. The highest BCUT2D eigenvalue weighted by atomic mass is 79.9. The molecule has 0 radical (unpaired) electrons. The van der Waals surface area contributed by atoms with Gasteiger partial charge in [-0.3, -0.25) is 0 Å². The number of ether oxygens (including phenoxy) is 1. The van der Waals surface area contributed by atoms with E-state index in [2.05, 4.69) is 20.9 Å². The second-order valence-corrected chi connectivity index (χ2v) is 5.41. The van der Waals surface area contributed by atoms with E-state index in [1.807, 2.05) is 26.0 Å². The van der Waals surface area contributed by atoms with Crippen LogP contribution in [0.5, 0.6) is 11.6 Å². The van der Waals surface area contributed by atoms with Gasteiger partial charge >= 0.3 is 5.97 Å². The lowest BCUT2D eigenvalue weighted by molar-refractivity contribution is 0.0696. The fourth-order valence-electron chi connectivity index (χ4n) is 1.90. The van der Waals surface area contributed by atoms with E-state index in [1.54, 1.807) is 6.92 Å². The van der Waals surface area contributed by atoms with Crippen molar-refractivity contribution in [3.63, 3.8) is 0 Å². The van der Waals surface area contributed by atoms with Crippen molar-refractivity contribution in [3.8, 4) is 11.6 Å². The van der Waals surface area contributed by atoms with Crippen molar-refractivity contribution in [2.45, 2.75) is 20.8 Å². The van der Waals surface area contributed by atoms with Gasteiger partial charge in [-0.25, -0.2) is 9.78 Å². The Morgan fingerprint density at radius 2 is 1.75 bits per heavy atom. The summed E-state index contributed by atoms with van der Waals surface area (Å²) < 4.78 is 6.71. The van der Waals surface area contributed by atoms with Crippen LogP contribution in [0.15, 0.2) is 28.7 Å². The predicted molar refractivity (Wildman–Crippen MR) is 79.6 cm³/mol. The topological polar surface area (TPSA) is 59.4 Å². The molecule has 0 saturated heterocycles. The number of carboxylic acid groups (broad SMARTS) is 1. The largest absolute Gasteiger partial charge is 0.478 e. The highest BCUT2D eigenvalue weighted by Crippen LogP contribution is 2.29. The van der Waals surface area contributed by atoms with Crippen LogP contribution in [-0.2, 0) is 0 Å². The third-order valence-corrected chi connectivity index (χ3v) is 4.06. The average molecular weight is 336 g/mol. The van der Waals surface area contributed by atoms with Crippen LogP contribution >= 0.6 is 15.9 Å². The summed E-state index contributed by atoms with van der Waals surface area (Å²) >= 11 is 3.49. The summed E-state index contributed by atoms with van der Waals surface area (Å²) in [4.78, 5) is 15.2. The summed E-state index contributed by atoms with van der Waals surface area (Å²) in [5.41, 5.74) is 2.86. The van der Waals surface area contributed by atoms with E-state index in [9.17, 15) is 4.79 Å². The third-order valence-electron chi connectivity index (χ3n) is 2.81. The summed E-state index contributed by atoms with van der Waals surface area (Å²) in [7, 11) is 0. The first kappa shape index (κ1) is 14.5. The molecule has 2 rings (SSSR count). The molecule has 1 aromatic carbocycles. The Bertz CT molecular complexity index is 660. The van der Waals surface area contributed by atoms with Crippen LogP contribution in [0.1, 0.15) is 27.2 Å². The lowest BCUT2D eigenvalue weighted by Gasteiger charge is -2.10. The number of carbonyl (C=O) groups is 1. The molecule has 1 aromatic heterocycles. The molecular formula is C15H14BrNO3. The van der Waals surface area contributed by atoms with E-state index in [4.69, 9.17) is 9.84 Å². The van der Waals surface area contributed by atoms with Gasteiger partial charge in [-0.15, -0.1) is 0 Å². The number of aryl methyl sites for hydroxylation is 3. The minimum atomic E-state index is -0.997. The number of nitrogens with zero attached hydrogens (tertiary/aromatic N) is 1. The van der Waals surface area contributed by atoms with Crippen molar-refractivity contribution >= 4 is 21.9 Å². The predicted octanol–water partition coefficient (Wildman–Crippen LogP) is 4.26. The minimum absolute atomic E-state index is 0.165. The molecule has 0 unspecified atom stereocenters. The van der Waals surface area contributed by atoms with E-state index in [1.165, 1.54) is 12.1 Å². The molecule has 2 aromatic rings. The van der Waals surface area contributed by atoms with Crippen molar-refractivity contribution in [2.24, 2.45) is 0 Å². The first-order chi connectivity index (χ1) is 9.36. The maximum Gasteiger partial charge on any atom is 0.335 e. The van der Waals surface area contributed by atoms with Crippen LogP contribution in [-0.4, -0.2) is 16.1 Å². The molecule has 1 heterocycles. The van der Waals surface area contributed by atoms with Gasteiger partial charge in [-0.05, 0) is 50.1 Å². The van der Waals surface area contributed by atoms with Crippen LogP contribution in [0.4, 0.5) is 0 Å². The number of aromatic carboxylic acids is 1. The first-order valence-electron chi connectivity index (χ1n) is 6.03. The standard InChI is InChI=1S/C15H14BrNO3/c1-8-4-12(5-9(2)14(8)16)20-13-7-11(15(18)19)6-10(3)17-13/h4-7H,1-3H3,(H,18,19). The lowest BCUT2D eigenvalue weighted by atomic mass is 10.1. The molecule has 0 saturated carbocycles. The Kier molecular flexibility index (Phi) is 4.09. The van der Waals surface area contributed by atoms with Crippen LogP contribution in [0, 0.1) is 20.8 Å². The molecule has 0 aliphatic rings. The zero-order valence-corrected chi connectivity index (χ0v) is 13.0. The number of pyridine rings is 1. The van der Waals surface area contributed by atoms with Crippen molar-refractivity contribution in [3.05, 3.63) is 51.1 Å². The molecule has 4 nitrogen and oxygen atoms in total. The van der Waals surface area contributed by atoms with Gasteiger partial charge in [0.1, 0.15) is 5.75 Å². The molecule has 104 valence electrons. The SMILES string of the molecule is Cc1cc(C(=O)O)cc(Oc2cc(C)c(Br)c(C)c2)n1. The van der Waals surface area contributed by atoms with Gasteiger partial charge in [0.2, 0.25) is 5.88 Å². The Hall–Kier alpha value is -1.88. The number of hydrogen-bond donors (Lipinski definition) is 1. The Morgan fingerprint density at radius 1 is 1.15 bits per heavy atom. The summed E-state index contributed by atoms with van der Waals surface area (Å²) in [6, 6.07) is 6.68. The number of halogens is 1. The van der Waals surface area contributed by atoms with E-state index in [0.717, 1.165) is 15.6 Å². The maximum atomic E-state index is 11.0. The zero-order valence-electron chi connectivity index (χ0n) is 11.4. The van der Waals surface area contributed by atoms with E-state index in [-0.39, 0.29) is 11.4 Å². The molecule has 0 aliphatic heterocycles. The van der Waals surface area contributed by atoms with E-state index >= 15 is 0 Å². The third kappa shape index (κ3) is 3.17. The van der Waals surface area contributed by atoms with Crippen LogP contribution in [0.2, 0.25) is 0 Å². The van der Waals surface area contributed by atoms with Crippen LogP contribution in [0.3, 0.4) is 0 Å². The fourth-order valence-corrected chi connectivity index (χ4v) is 2.13. The average Bonchev–Trinajstić information content (AvgIpc) is 2.35. The molecule has 0 fully saturated rings. The van der Waals surface area contributed by atoms with Crippen molar-refractivity contribution in [1.82, 2.24) is 4.98 Å². The van der Waals surface area contributed by atoms with Crippen LogP contribution in [0.25, 0.3) is 0 Å². The molecule has 5 heteroatoms. The summed E-state index contributed by atoms with van der Waals surface area (Å²) in [6.45, 7) is 5.67. The Labute approximate surface area is 125 Å². The minimum Gasteiger partial charge on any atom is -0.478 e. The molecule has 0 aliphatic carbocycles. The molecule has 0 atom stereocenters. The van der Waals surface area contributed by atoms with E-state index in [0.29, 0.717) is 11.4 Å². The van der Waals surface area contributed by atoms with Gasteiger partial charge in [0, 0.05) is 16.2 Å². The zero-order chi connectivity index (χ0) is 14.9. The second kappa shape index (κ2) is 5.63. The normalized spacial score (nSPS) is 10.4. The fraction of sp³-hybridized carbons (Fsp3) is 0.200. The molecule has 1 N–H and O–H groups in total. The van der Waals surface area contributed by atoms with Gasteiger partial charge in [0.25, 0.3) is 0 Å². The van der Waals surface area contributed by atoms with Crippen molar-refractivity contribution in [2.75, 3.05) is 0 Å². The summed E-state index contributed by atoms with van der Waals surface area (Å²) in [5, 5.41) is 9.03. The van der Waals surface area contributed by atoms with Gasteiger partial charge < -0.3 is 9.84 Å². The number of rotatable bonds is 3. The number of aromatic nitrogens is 1. The molecular weight excluding hydrogens is 322 g/mol. The summed E-state index contributed by atoms with van der Waals surface area (Å²) in [6.07, 6.45) is 0. The number of benzene rings is 1. The molecule has 0 amide bonds. The lowest BCUT2D eigenvalue weighted by Crippen LogP contribution is -2.00. The molecule has 0 spiro atoms. The second-order valence-electron chi connectivity index (χ2n) is 4.61. The summed E-state index contributed by atoms with van der Waals surface area (Å²) in [5.74, 6) is -0.0790. The Balaban J connectivity index is 2.37. The first-order valence-corrected chi connectivity index (χ1v) is 6.82. The van der Waals surface area contributed by atoms with E-state index < -0.39 is 5.97 Å². The highest BCUT2D eigenvalue weighted by Gasteiger charge is 2.09. The molecule has 0 bridgehead atoms. The van der Waals surface area contributed by atoms with Crippen LogP contribution < -0.4 is 4.74 Å². The number of hydrogen-bond acceptors (Lipinski definition) is 3. The smallest absolute Gasteiger partial charge is 0.335 e. The molecule has 20 heavy (non-hydrogen) atoms. The van der Waals surface area contributed by atoms with Crippen molar-refractivity contribution < 1.29 is 14.6 Å². The van der Waals surface area contributed by atoms with Gasteiger partial charge in [-0.1, -0.05) is 15.9 Å². The monoisotopic (exact) mass is 335 g/mol.